The summed E-state index contributed by atoms with van der Waals surface area (Å²) in [5.74, 6) is 0.260. The van der Waals surface area contributed by atoms with Crippen LogP contribution >= 0.6 is 11.6 Å². The molecule has 0 atom stereocenters. The van der Waals surface area contributed by atoms with E-state index in [0.29, 0.717) is 10.8 Å². The summed E-state index contributed by atoms with van der Waals surface area (Å²) >= 11 is 6.08. The van der Waals surface area contributed by atoms with Gasteiger partial charge in [0.1, 0.15) is 5.75 Å². The van der Waals surface area contributed by atoms with Gasteiger partial charge in [0.25, 0.3) is 5.91 Å². The van der Waals surface area contributed by atoms with E-state index in [1.165, 1.54) is 6.21 Å². The topological polar surface area (TPSA) is 63.6 Å². The monoisotopic (exact) mass is 317 g/mol. The average molecular weight is 318 g/mol. The Balaban J connectivity index is 1.84. The second-order valence-electron chi connectivity index (χ2n) is 4.74. The number of hydrazone groups is 1. The molecule has 0 spiro atoms. The lowest BCUT2D eigenvalue weighted by atomic mass is 10.1. The highest BCUT2D eigenvalue weighted by molar-refractivity contribution is 6.32. The van der Waals surface area contributed by atoms with Crippen LogP contribution in [0.4, 0.5) is 0 Å². The molecule has 0 bridgehead atoms. The van der Waals surface area contributed by atoms with Crippen LogP contribution in [0.15, 0.2) is 41.8 Å². The number of aromatic nitrogens is 1. The van der Waals surface area contributed by atoms with Gasteiger partial charge in [-0.25, -0.2) is 5.43 Å². The first kappa shape index (κ1) is 16.0. The van der Waals surface area contributed by atoms with Crippen molar-refractivity contribution in [2.45, 2.75) is 13.8 Å². The van der Waals surface area contributed by atoms with Crippen molar-refractivity contribution < 1.29 is 9.53 Å². The molecule has 0 radical (unpaired) electrons. The van der Waals surface area contributed by atoms with Crippen molar-refractivity contribution in [3.05, 3.63) is 58.4 Å². The Morgan fingerprint density at radius 1 is 1.41 bits per heavy atom. The fraction of sp³-hybridized carbons (Fsp3) is 0.188. The molecule has 1 aromatic heterocycles. The summed E-state index contributed by atoms with van der Waals surface area (Å²) in [6.45, 7) is 3.66. The number of hydrogen-bond acceptors (Lipinski definition) is 4. The fourth-order valence-corrected chi connectivity index (χ4v) is 1.91. The number of carbonyl (C=O) groups is 1. The van der Waals surface area contributed by atoms with Crippen molar-refractivity contribution in [1.82, 2.24) is 10.4 Å². The van der Waals surface area contributed by atoms with Crippen LogP contribution in [-0.2, 0) is 4.79 Å². The van der Waals surface area contributed by atoms with Crippen LogP contribution in [0.5, 0.6) is 5.75 Å². The highest BCUT2D eigenvalue weighted by atomic mass is 35.5. The summed E-state index contributed by atoms with van der Waals surface area (Å²) in [4.78, 5) is 15.6. The number of rotatable bonds is 5. The van der Waals surface area contributed by atoms with Gasteiger partial charge in [-0.2, -0.15) is 5.10 Å². The van der Waals surface area contributed by atoms with Gasteiger partial charge in [-0.3, -0.25) is 9.78 Å². The van der Waals surface area contributed by atoms with Gasteiger partial charge in [0.15, 0.2) is 6.61 Å². The second kappa shape index (κ2) is 7.56. The van der Waals surface area contributed by atoms with Crippen LogP contribution < -0.4 is 10.2 Å². The number of nitrogens with zero attached hydrogens (tertiary/aromatic N) is 2. The van der Waals surface area contributed by atoms with E-state index in [4.69, 9.17) is 16.3 Å². The Morgan fingerprint density at radius 3 is 2.77 bits per heavy atom. The number of aryl methyl sites for hydroxylation is 2. The third-order valence-electron chi connectivity index (χ3n) is 2.87. The molecular weight excluding hydrogens is 302 g/mol. The standard InChI is InChI=1S/C16H16ClN3O2/c1-11-6-14(7-12(2)16(11)17)22-10-15(21)20-19-9-13-4-3-5-18-8-13/h3-9H,10H2,1-2H3,(H,20,21)/b19-9+. The van der Waals surface area contributed by atoms with Gasteiger partial charge >= 0.3 is 0 Å². The van der Waals surface area contributed by atoms with Crippen LogP contribution in [0.3, 0.4) is 0 Å². The number of pyridine rings is 1. The van der Waals surface area contributed by atoms with Crippen molar-refractivity contribution in [3.8, 4) is 5.75 Å². The molecule has 1 N–H and O–H groups in total. The Morgan fingerprint density at radius 2 is 2.14 bits per heavy atom. The van der Waals surface area contributed by atoms with Crippen LogP contribution in [0.2, 0.25) is 5.02 Å². The molecule has 1 heterocycles. The summed E-state index contributed by atoms with van der Waals surface area (Å²) in [6.07, 6.45) is 4.83. The molecule has 0 aliphatic carbocycles. The molecule has 5 nitrogen and oxygen atoms in total. The summed E-state index contributed by atoms with van der Waals surface area (Å²) in [5.41, 5.74) is 5.01. The lowest BCUT2D eigenvalue weighted by molar-refractivity contribution is -0.123. The number of amides is 1. The lowest BCUT2D eigenvalue weighted by Crippen LogP contribution is -2.24. The van der Waals surface area contributed by atoms with Gasteiger partial charge in [-0.15, -0.1) is 0 Å². The van der Waals surface area contributed by atoms with E-state index < -0.39 is 0 Å². The van der Waals surface area contributed by atoms with E-state index in [-0.39, 0.29) is 12.5 Å². The minimum Gasteiger partial charge on any atom is -0.484 e. The van der Waals surface area contributed by atoms with Crippen molar-refractivity contribution in [2.75, 3.05) is 6.61 Å². The van der Waals surface area contributed by atoms with Crippen molar-refractivity contribution >= 4 is 23.7 Å². The van der Waals surface area contributed by atoms with Crippen LogP contribution in [-0.4, -0.2) is 23.7 Å². The van der Waals surface area contributed by atoms with Crippen LogP contribution in [0.25, 0.3) is 0 Å². The molecule has 22 heavy (non-hydrogen) atoms. The second-order valence-corrected chi connectivity index (χ2v) is 5.12. The van der Waals surface area contributed by atoms with Crippen molar-refractivity contribution in [3.63, 3.8) is 0 Å². The number of carbonyl (C=O) groups excluding carboxylic acids is 1. The quantitative estimate of drug-likeness (QED) is 0.681. The van der Waals surface area contributed by atoms with Gasteiger partial charge in [0.2, 0.25) is 0 Å². The lowest BCUT2D eigenvalue weighted by Gasteiger charge is -2.09. The first-order chi connectivity index (χ1) is 10.6. The van der Waals surface area contributed by atoms with Gasteiger partial charge in [0.05, 0.1) is 6.21 Å². The summed E-state index contributed by atoms with van der Waals surface area (Å²) in [5, 5.41) is 4.54. The van der Waals surface area contributed by atoms with Gasteiger partial charge < -0.3 is 4.74 Å². The highest BCUT2D eigenvalue weighted by Crippen LogP contribution is 2.25. The average Bonchev–Trinajstić information content (AvgIpc) is 2.51. The molecule has 0 aliphatic rings. The Bertz CT molecular complexity index is 664. The maximum atomic E-state index is 11.7. The molecule has 0 saturated heterocycles. The third-order valence-corrected chi connectivity index (χ3v) is 3.46. The number of nitrogens with one attached hydrogen (secondary N) is 1. The van der Waals surface area contributed by atoms with E-state index in [2.05, 4.69) is 15.5 Å². The largest absolute Gasteiger partial charge is 0.484 e. The number of halogens is 1. The molecule has 0 saturated carbocycles. The molecule has 1 amide bonds. The zero-order valence-electron chi connectivity index (χ0n) is 12.3. The van der Waals surface area contributed by atoms with E-state index in [0.717, 1.165) is 16.7 Å². The van der Waals surface area contributed by atoms with Crippen molar-refractivity contribution in [2.24, 2.45) is 5.10 Å². The normalized spacial score (nSPS) is 10.7. The molecule has 114 valence electrons. The molecule has 0 unspecified atom stereocenters. The van der Waals surface area contributed by atoms with Gasteiger partial charge in [-0.05, 0) is 43.2 Å². The molecule has 2 rings (SSSR count). The molecule has 0 aliphatic heterocycles. The maximum Gasteiger partial charge on any atom is 0.277 e. The molecule has 2 aromatic rings. The molecule has 6 heteroatoms. The first-order valence-corrected chi connectivity index (χ1v) is 7.05. The first-order valence-electron chi connectivity index (χ1n) is 6.68. The molecule has 1 aromatic carbocycles. The molecule has 0 fully saturated rings. The fourth-order valence-electron chi connectivity index (χ4n) is 1.80. The Hall–Kier alpha value is -2.40. The summed E-state index contributed by atoms with van der Waals surface area (Å²) in [6, 6.07) is 7.21. The smallest absolute Gasteiger partial charge is 0.277 e. The van der Waals surface area contributed by atoms with E-state index in [9.17, 15) is 4.79 Å². The third kappa shape index (κ3) is 4.56. The van der Waals surface area contributed by atoms with E-state index in [1.54, 1.807) is 30.6 Å². The molecular formula is C16H16ClN3O2. The summed E-state index contributed by atoms with van der Waals surface area (Å²) in [7, 11) is 0. The zero-order chi connectivity index (χ0) is 15.9. The Kier molecular flexibility index (Phi) is 5.49. The van der Waals surface area contributed by atoms with Gasteiger partial charge in [0, 0.05) is 23.0 Å². The maximum absolute atomic E-state index is 11.7. The minimum absolute atomic E-state index is 0.120. The SMILES string of the molecule is Cc1cc(OCC(=O)N/N=C/c2cccnc2)cc(C)c1Cl. The predicted molar refractivity (Wildman–Crippen MR) is 86.4 cm³/mol. The number of hydrogen-bond donors (Lipinski definition) is 1. The van der Waals surface area contributed by atoms with E-state index >= 15 is 0 Å². The zero-order valence-corrected chi connectivity index (χ0v) is 13.1. The van der Waals surface area contributed by atoms with Crippen LogP contribution in [0.1, 0.15) is 16.7 Å². The van der Waals surface area contributed by atoms with Crippen LogP contribution in [0, 0.1) is 13.8 Å². The summed E-state index contributed by atoms with van der Waals surface area (Å²) < 4.78 is 5.43. The van der Waals surface area contributed by atoms with Gasteiger partial charge in [-0.1, -0.05) is 17.7 Å². The highest BCUT2D eigenvalue weighted by Gasteiger charge is 2.06. The number of ether oxygens (including phenoxy) is 1. The Labute approximate surface area is 134 Å². The predicted octanol–water partition coefficient (Wildman–Crippen LogP) is 2.88. The minimum atomic E-state index is -0.342. The number of benzene rings is 1. The van der Waals surface area contributed by atoms with E-state index in [1.807, 2.05) is 19.9 Å². The van der Waals surface area contributed by atoms with Crippen molar-refractivity contribution in [1.29, 1.82) is 0 Å².